The first-order valence-electron chi connectivity index (χ1n) is 13.9. The second kappa shape index (κ2) is 12.0. The highest BCUT2D eigenvalue weighted by atomic mass is 16.7. The van der Waals surface area contributed by atoms with E-state index in [4.69, 9.17) is 9.47 Å². The maximum absolute atomic E-state index is 5.94. The number of nitrogens with zero attached hydrogens (tertiary/aromatic N) is 1. The molecule has 1 atom stereocenters. The van der Waals surface area contributed by atoms with Crippen LogP contribution in [0.3, 0.4) is 0 Å². The average Bonchev–Trinajstić information content (AvgIpc) is 2.97. The number of benzene rings is 4. The summed E-state index contributed by atoms with van der Waals surface area (Å²) in [5.41, 5.74) is 5.07. The van der Waals surface area contributed by atoms with Gasteiger partial charge in [-0.3, -0.25) is 4.90 Å². The summed E-state index contributed by atoms with van der Waals surface area (Å²) in [7, 11) is 0. The Balaban J connectivity index is 1.26. The molecule has 1 fully saturated rings. The van der Waals surface area contributed by atoms with Crippen LogP contribution in [-0.4, -0.2) is 37.9 Å². The standard InChI is InChI=1S/C32H36BN3O2/c1-3-10-25(11-4-1)22-36(23-26-12-5-2-6-13-26)24-28(18-19-31-37-20-9-21-38-31)33-34-29-16-7-14-27-15-8-17-30(35-33)32(27)29/h1-8,10-17,28,31,34-35H,9,18-24H2. The molecule has 1 saturated heterocycles. The molecule has 0 saturated carbocycles. The van der Waals surface area contributed by atoms with Crippen molar-refractivity contribution in [1.82, 2.24) is 4.90 Å². The third kappa shape index (κ3) is 6.04. The predicted octanol–water partition coefficient (Wildman–Crippen LogP) is 6.78. The summed E-state index contributed by atoms with van der Waals surface area (Å²) in [4.78, 5) is 2.59. The molecule has 6 rings (SSSR count). The highest BCUT2D eigenvalue weighted by Crippen LogP contribution is 2.37. The van der Waals surface area contributed by atoms with E-state index in [1.165, 1.54) is 33.3 Å². The van der Waals surface area contributed by atoms with E-state index in [0.29, 0.717) is 5.82 Å². The minimum Gasteiger partial charge on any atom is -0.409 e. The van der Waals surface area contributed by atoms with Gasteiger partial charge in [0.2, 0.25) is 0 Å². The van der Waals surface area contributed by atoms with Crippen LogP contribution >= 0.6 is 0 Å². The first kappa shape index (κ1) is 25.0. The van der Waals surface area contributed by atoms with Crippen LogP contribution in [0.1, 0.15) is 30.4 Å². The summed E-state index contributed by atoms with van der Waals surface area (Å²) < 4.78 is 11.9. The molecule has 0 spiro atoms. The second-order valence-electron chi connectivity index (χ2n) is 10.5. The van der Waals surface area contributed by atoms with E-state index in [9.17, 15) is 0 Å². The first-order valence-corrected chi connectivity index (χ1v) is 13.9. The molecule has 2 aliphatic heterocycles. The maximum atomic E-state index is 5.94. The van der Waals surface area contributed by atoms with Gasteiger partial charge in [-0.25, -0.2) is 0 Å². The molecule has 0 amide bonds. The van der Waals surface area contributed by atoms with Crippen LogP contribution in [0.15, 0.2) is 97.1 Å². The van der Waals surface area contributed by atoms with E-state index >= 15 is 0 Å². The lowest BCUT2D eigenvalue weighted by molar-refractivity contribution is -0.181. The van der Waals surface area contributed by atoms with Crippen molar-refractivity contribution in [3.05, 3.63) is 108 Å². The Morgan fingerprint density at radius 1 is 0.737 bits per heavy atom. The van der Waals surface area contributed by atoms with Crippen LogP contribution in [0.25, 0.3) is 10.8 Å². The van der Waals surface area contributed by atoms with Crippen molar-refractivity contribution < 1.29 is 9.47 Å². The zero-order valence-electron chi connectivity index (χ0n) is 21.9. The summed E-state index contributed by atoms with van der Waals surface area (Å²) >= 11 is 0. The fraction of sp³-hybridized carbons (Fsp3) is 0.312. The lowest BCUT2D eigenvalue weighted by Gasteiger charge is -2.35. The first-order chi connectivity index (χ1) is 18.8. The fourth-order valence-electron chi connectivity index (χ4n) is 5.81. The van der Waals surface area contributed by atoms with Crippen molar-refractivity contribution in [1.29, 1.82) is 0 Å². The molecule has 0 bridgehead atoms. The monoisotopic (exact) mass is 505 g/mol. The second-order valence-corrected chi connectivity index (χ2v) is 10.5. The molecule has 0 aromatic heterocycles. The van der Waals surface area contributed by atoms with Gasteiger partial charge in [-0.2, -0.15) is 0 Å². The van der Waals surface area contributed by atoms with E-state index in [1.54, 1.807) is 0 Å². The Morgan fingerprint density at radius 2 is 1.32 bits per heavy atom. The van der Waals surface area contributed by atoms with Crippen molar-refractivity contribution in [3.8, 4) is 0 Å². The molecular weight excluding hydrogens is 469 g/mol. The Labute approximate surface area is 226 Å². The van der Waals surface area contributed by atoms with Crippen LogP contribution in [0.2, 0.25) is 5.82 Å². The molecular formula is C32H36BN3O2. The van der Waals surface area contributed by atoms with Crippen molar-refractivity contribution >= 4 is 29.1 Å². The van der Waals surface area contributed by atoms with Gasteiger partial charge in [0.05, 0.1) is 13.2 Å². The normalized spacial score (nSPS) is 16.3. The van der Waals surface area contributed by atoms with Gasteiger partial charge in [-0.15, -0.1) is 0 Å². The Kier molecular flexibility index (Phi) is 7.91. The predicted molar refractivity (Wildman–Crippen MR) is 157 cm³/mol. The van der Waals surface area contributed by atoms with E-state index in [2.05, 4.69) is 112 Å². The summed E-state index contributed by atoms with van der Waals surface area (Å²) in [6.07, 6.45) is 2.75. The number of ether oxygens (including phenoxy) is 2. The van der Waals surface area contributed by atoms with Gasteiger partial charge < -0.3 is 19.9 Å². The maximum Gasteiger partial charge on any atom is 0.374 e. The average molecular weight is 505 g/mol. The summed E-state index contributed by atoms with van der Waals surface area (Å²) in [6, 6.07) is 34.7. The van der Waals surface area contributed by atoms with Gasteiger partial charge >= 0.3 is 6.98 Å². The van der Waals surface area contributed by atoms with E-state index in [-0.39, 0.29) is 13.3 Å². The van der Waals surface area contributed by atoms with E-state index < -0.39 is 0 Å². The SMILES string of the molecule is c1ccc(CN(Cc2ccccc2)CC(CCC2OCCCO2)B2Nc3cccc4cccc(c34)N2)cc1. The Hall–Kier alpha value is -3.32. The van der Waals surface area contributed by atoms with Gasteiger partial charge in [-0.05, 0) is 60.3 Å². The molecule has 194 valence electrons. The highest BCUT2D eigenvalue weighted by Gasteiger charge is 2.34. The van der Waals surface area contributed by atoms with Gasteiger partial charge in [0.25, 0.3) is 0 Å². The molecule has 2 N–H and O–H groups in total. The van der Waals surface area contributed by atoms with Crippen LogP contribution in [-0.2, 0) is 22.6 Å². The molecule has 4 aromatic rings. The van der Waals surface area contributed by atoms with E-state index in [1.807, 2.05) is 0 Å². The molecule has 2 aliphatic rings. The summed E-state index contributed by atoms with van der Waals surface area (Å²) in [5, 5.41) is 10.3. The van der Waals surface area contributed by atoms with Crippen LogP contribution in [0, 0.1) is 0 Å². The number of hydrogen-bond acceptors (Lipinski definition) is 5. The Morgan fingerprint density at radius 3 is 1.89 bits per heavy atom. The quantitative estimate of drug-likeness (QED) is 0.233. The smallest absolute Gasteiger partial charge is 0.374 e. The van der Waals surface area contributed by atoms with Crippen LogP contribution in [0.5, 0.6) is 0 Å². The zero-order valence-corrected chi connectivity index (χ0v) is 21.9. The topological polar surface area (TPSA) is 45.8 Å². The zero-order chi connectivity index (χ0) is 25.6. The van der Waals surface area contributed by atoms with Crippen molar-refractivity contribution in [3.63, 3.8) is 0 Å². The van der Waals surface area contributed by atoms with Gasteiger partial charge in [0.1, 0.15) is 0 Å². The van der Waals surface area contributed by atoms with Crippen molar-refractivity contribution in [2.24, 2.45) is 0 Å². The van der Waals surface area contributed by atoms with Crippen LogP contribution < -0.4 is 10.5 Å². The summed E-state index contributed by atoms with van der Waals surface area (Å²) in [6.45, 7) is 4.44. The fourth-order valence-corrected chi connectivity index (χ4v) is 5.81. The van der Waals surface area contributed by atoms with Crippen molar-refractivity contribution in [2.45, 2.75) is 44.5 Å². The molecule has 6 heteroatoms. The summed E-state index contributed by atoms with van der Waals surface area (Å²) in [5.74, 6) is 0.333. The molecule has 0 radical (unpaired) electrons. The third-order valence-electron chi connectivity index (χ3n) is 7.66. The highest BCUT2D eigenvalue weighted by molar-refractivity contribution is 6.69. The van der Waals surface area contributed by atoms with Crippen LogP contribution in [0.4, 0.5) is 11.4 Å². The number of nitrogens with one attached hydrogen (secondary N) is 2. The molecule has 4 aromatic carbocycles. The van der Waals surface area contributed by atoms with Crippen molar-refractivity contribution in [2.75, 3.05) is 30.2 Å². The number of rotatable bonds is 10. The number of anilines is 2. The molecule has 0 aliphatic carbocycles. The van der Waals surface area contributed by atoms with Gasteiger partial charge in [0, 0.05) is 29.9 Å². The molecule has 38 heavy (non-hydrogen) atoms. The minimum atomic E-state index is -0.109. The molecule has 1 unspecified atom stereocenters. The van der Waals surface area contributed by atoms with Gasteiger partial charge in [0.15, 0.2) is 6.29 Å². The lowest BCUT2D eigenvalue weighted by Crippen LogP contribution is -2.46. The molecule has 5 nitrogen and oxygen atoms in total. The van der Waals surface area contributed by atoms with E-state index in [0.717, 1.165) is 52.1 Å². The molecule has 2 heterocycles. The minimum absolute atomic E-state index is 0.105. The Bertz CT molecular complexity index is 1230. The number of hydrogen-bond donors (Lipinski definition) is 2. The third-order valence-corrected chi connectivity index (χ3v) is 7.66. The van der Waals surface area contributed by atoms with Gasteiger partial charge in [-0.1, -0.05) is 84.9 Å². The lowest BCUT2D eigenvalue weighted by atomic mass is 9.58. The largest absolute Gasteiger partial charge is 0.409 e.